The second-order valence-corrected chi connectivity index (χ2v) is 5.57. The van der Waals surface area contributed by atoms with E-state index in [-0.39, 0.29) is 17.9 Å². The summed E-state index contributed by atoms with van der Waals surface area (Å²) in [6, 6.07) is 0.000208. The van der Waals surface area contributed by atoms with Crippen molar-refractivity contribution in [3.63, 3.8) is 0 Å². The van der Waals surface area contributed by atoms with Crippen LogP contribution in [-0.2, 0) is 11.8 Å². The van der Waals surface area contributed by atoms with Gasteiger partial charge >= 0.3 is 0 Å². The van der Waals surface area contributed by atoms with E-state index in [1.54, 1.807) is 0 Å². The first-order chi connectivity index (χ1) is 9.04. The molecule has 1 amide bonds. The third-order valence-electron chi connectivity index (χ3n) is 4.40. The van der Waals surface area contributed by atoms with Crippen molar-refractivity contribution < 1.29 is 4.79 Å². The van der Waals surface area contributed by atoms with Crippen LogP contribution in [-0.4, -0.2) is 22.2 Å². The molecule has 106 valence electrons. The fourth-order valence-electron chi connectivity index (χ4n) is 3.00. The van der Waals surface area contributed by atoms with E-state index in [4.69, 9.17) is 5.73 Å². The zero-order chi connectivity index (χ0) is 14.0. The molecule has 19 heavy (non-hydrogen) atoms. The Morgan fingerprint density at radius 3 is 2.95 bits per heavy atom. The summed E-state index contributed by atoms with van der Waals surface area (Å²) in [7, 11) is 1.91. The Labute approximate surface area is 114 Å². The molecular weight excluding hydrogens is 240 g/mol. The molecule has 0 bridgehead atoms. The summed E-state index contributed by atoms with van der Waals surface area (Å²) >= 11 is 0. The third-order valence-corrected chi connectivity index (χ3v) is 4.40. The molecule has 3 N–H and O–H groups in total. The lowest BCUT2D eigenvalue weighted by molar-refractivity contribution is -0.126. The highest BCUT2D eigenvalue weighted by Crippen LogP contribution is 2.31. The molecule has 5 nitrogen and oxygen atoms in total. The molecular formula is C14H24N4O. The maximum atomic E-state index is 12.3. The Hall–Kier alpha value is -1.36. The van der Waals surface area contributed by atoms with Crippen molar-refractivity contribution >= 4 is 5.91 Å². The van der Waals surface area contributed by atoms with Crippen LogP contribution in [0.5, 0.6) is 0 Å². The van der Waals surface area contributed by atoms with Crippen molar-refractivity contribution in [2.75, 3.05) is 6.54 Å². The van der Waals surface area contributed by atoms with E-state index in [9.17, 15) is 4.79 Å². The first-order valence-corrected chi connectivity index (χ1v) is 7.03. The first kappa shape index (κ1) is 14.1. The van der Waals surface area contributed by atoms with Gasteiger partial charge in [0.2, 0.25) is 5.91 Å². The quantitative estimate of drug-likeness (QED) is 0.860. The highest BCUT2D eigenvalue weighted by molar-refractivity contribution is 5.79. The molecule has 0 spiro atoms. The van der Waals surface area contributed by atoms with Gasteiger partial charge in [-0.15, -0.1) is 0 Å². The first-order valence-electron chi connectivity index (χ1n) is 7.03. The van der Waals surface area contributed by atoms with Gasteiger partial charge in [-0.1, -0.05) is 6.42 Å². The molecule has 1 aliphatic rings. The van der Waals surface area contributed by atoms with E-state index in [1.165, 1.54) is 0 Å². The van der Waals surface area contributed by atoms with E-state index in [0.717, 1.165) is 30.5 Å². The van der Waals surface area contributed by atoms with Crippen LogP contribution in [0.25, 0.3) is 0 Å². The standard InChI is InChI=1S/C14H24N4O/c1-9(13-8-16-18(3)10(13)2)17-14(19)12-6-4-5-11(12)7-15/h8-9,11-12H,4-7,15H2,1-3H3,(H,17,19)/t9?,11-,12-/m1/s1. The minimum atomic E-state index is 0.000208. The Morgan fingerprint density at radius 1 is 1.63 bits per heavy atom. The molecule has 1 heterocycles. The number of hydrogen-bond acceptors (Lipinski definition) is 3. The number of nitrogens with one attached hydrogen (secondary N) is 1. The molecule has 0 aromatic carbocycles. The van der Waals surface area contributed by atoms with Gasteiger partial charge in [0, 0.05) is 24.2 Å². The van der Waals surface area contributed by atoms with Gasteiger partial charge in [-0.2, -0.15) is 5.10 Å². The summed E-state index contributed by atoms with van der Waals surface area (Å²) < 4.78 is 1.83. The van der Waals surface area contributed by atoms with Gasteiger partial charge in [-0.05, 0) is 39.2 Å². The molecule has 1 aliphatic carbocycles. The van der Waals surface area contributed by atoms with Crippen LogP contribution in [0.15, 0.2) is 6.20 Å². The molecule has 0 saturated heterocycles. The van der Waals surface area contributed by atoms with Gasteiger partial charge in [0.25, 0.3) is 0 Å². The van der Waals surface area contributed by atoms with Gasteiger partial charge in [0.05, 0.1) is 12.2 Å². The van der Waals surface area contributed by atoms with Gasteiger partial charge in [-0.3, -0.25) is 9.48 Å². The molecule has 1 saturated carbocycles. The normalized spacial score (nSPS) is 24.4. The zero-order valence-electron chi connectivity index (χ0n) is 12.0. The Balaban J connectivity index is 2.01. The summed E-state index contributed by atoms with van der Waals surface area (Å²) in [6.45, 7) is 4.63. The zero-order valence-corrected chi connectivity index (χ0v) is 12.0. The average Bonchev–Trinajstić information content (AvgIpc) is 2.97. The van der Waals surface area contributed by atoms with Gasteiger partial charge < -0.3 is 11.1 Å². The summed E-state index contributed by atoms with van der Waals surface area (Å²) in [6.07, 6.45) is 4.98. The summed E-state index contributed by atoms with van der Waals surface area (Å²) in [5.41, 5.74) is 7.91. The van der Waals surface area contributed by atoms with Crippen molar-refractivity contribution in [1.82, 2.24) is 15.1 Å². The SMILES string of the molecule is Cc1c(C(C)NC(=O)[C@@H]2CCC[C@@H]2CN)cnn1C. The van der Waals surface area contributed by atoms with Crippen LogP contribution in [0.1, 0.15) is 43.5 Å². The number of hydrogen-bond donors (Lipinski definition) is 2. The topological polar surface area (TPSA) is 72.9 Å². The lowest BCUT2D eigenvalue weighted by Crippen LogP contribution is -2.36. The number of aromatic nitrogens is 2. The number of rotatable bonds is 4. The molecule has 1 aromatic heterocycles. The molecule has 0 aliphatic heterocycles. The molecule has 0 radical (unpaired) electrons. The maximum absolute atomic E-state index is 12.3. The van der Waals surface area contributed by atoms with Crippen LogP contribution in [0.2, 0.25) is 0 Å². The average molecular weight is 264 g/mol. The number of nitrogens with two attached hydrogens (primary N) is 1. The Kier molecular flexibility index (Phi) is 4.24. The van der Waals surface area contributed by atoms with Gasteiger partial charge in [0.15, 0.2) is 0 Å². The van der Waals surface area contributed by atoms with Crippen LogP contribution >= 0.6 is 0 Å². The van der Waals surface area contributed by atoms with Gasteiger partial charge in [-0.25, -0.2) is 0 Å². The molecule has 3 atom stereocenters. The van der Waals surface area contributed by atoms with Crippen LogP contribution in [0.3, 0.4) is 0 Å². The number of carbonyl (C=O) groups excluding carboxylic acids is 1. The fourth-order valence-corrected chi connectivity index (χ4v) is 3.00. The monoisotopic (exact) mass is 264 g/mol. The minimum absolute atomic E-state index is 0.000208. The summed E-state index contributed by atoms with van der Waals surface area (Å²) in [5, 5.41) is 7.33. The lowest BCUT2D eigenvalue weighted by Gasteiger charge is -2.21. The lowest BCUT2D eigenvalue weighted by atomic mass is 9.95. The van der Waals surface area contributed by atoms with Crippen molar-refractivity contribution in [1.29, 1.82) is 0 Å². The van der Waals surface area contributed by atoms with Crippen LogP contribution in [0.4, 0.5) is 0 Å². The maximum Gasteiger partial charge on any atom is 0.223 e. The molecule has 1 aromatic rings. The Morgan fingerprint density at radius 2 is 2.37 bits per heavy atom. The van der Waals surface area contributed by atoms with Crippen LogP contribution in [0, 0.1) is 18.8 Å². The van der Waals surface area contributed by atoms with Crippen molar-refractivity contribution in [2.45, 2.75) is 39.2 Å². The molecule has 1 unspecified atom stereocenters. The number of nitrogens with zero attached hydrogens (tertiary/aromatic N) is 2. The molecule has 5 heteroatoms. The summed E-state index contributed by atoms with van der Waals surface area (Å²) in [5.74, 6) is 0.579. The highest BCUT2D eigenvalue weighted by Gasteiger charge is 2.32. The van der Waals surface area contributed by atoms with E-state index in [1.807, 2.05) is 31.8 Å². The largest absolute Gasteiger partial charge is 0.349 e. The fraction of sp³-hybridized carbons (Fsp3) is 0.714. The second-order valence-electron chi connectivity index (χ2n) is 5.57. The van der Waals surface area contributed by atoms with Crippen molar-refractivity contribution in [3.8, 4) is 0 Å². The molecule has 2 rings (SSSR count). The van der Waals surface area contributed by atoms with E-state index in [0.29, 0.717) is 12.5 Å². The van der Waals surface area contributed by atoms with Crippen LogP contribution < -0.4 is 11.1 Å². The van der Waals surface area contributed by atoms with Crippen molar-refractivity contribution in [2.24, 2.45) is 24.6 Å². The van der Waals surface area contributed by atoms with E-state index < -0.39 is 0 Å². The predicted octanol–water partition coefficient (Wildman–Crippen LogP) is 1.28. The third kappa shape index (κ3) is 2.81. The number of carbonyl (C=O) groups is 1. The summed E-state index contributed by atoms with van der Waals surface area (Å²) in [4.78, 5) is 12.3. The van der Waals surface area contributed by atoms with Crippen molar-refractivity contribution in [3.05, 3.63) is 17.5 Å². The van der Waals surface area contributed by atoms with E-state index >= 15 is 0 Å². The Bertz CT molecular complexity index is 454. The number of aryl methyl sites for hydroxylation is 1. The second kappa shape index (κ2) is 5.74. The molecule has 1 fully saturated rings. The minimum Gasteiger partial charge on any atom is -0.349 e. The number of amides is 1. The predicted molar refractivity (Wildman–Crippen MR) is 74.4 cm³/mol. The smallest absolute Gasteiger partial charge is 0.223 e. The van der Waals surface area contributed by atoms with E-state index in [2.05, 4.69) is 10.4 Å². The van der Waals surface area contributed by atoms with Gasteiger partial charge in [0.1, 0.15) is 0 Å². The highest BCUT2D eigenvalue weighted by atomic mass is 16.2.